The van der Waals surface area contributed by atoms with Gasteiger partial charge in [-0.25, -0.2) is 0 Å². The van der Waals surface area contributed by atoms with E-state index in [2.05, 4.69) is 4.98 Å². The molecular formula is C16H11NO3. The average Bonchev–Trinajstić information content (AvgIpc) is 2.92. The summed E-state index contributed by atoms with van der Waals surface area (Å²) in [5, 5.41) is 0.854. The summed E-state index contributed by atoms with van der Waals surface area (Å²) in [4.78, 5) is 27.9. The normalized spacial score (nSPS) is 10.6. The first-order valence-electron chi connectivity index (χ1n) is 6.19. The van der Waals surface area contributed by atoms with Crippen LogP contribution in [0.2, 0.25) is 0 Å². The van der Waals surface area contributed by atoms with Crippen molar-refractivity contribution in [2.75, 3.05) is 0 Å². The summed E-state index contributed by atoms with van der Waals surface area (Å²) in [6, 6.07) is 12.2. The van der Waals surface area contributed by atoms with E-state index in [1.807, 2.05) is 18.2 Å². The molecule has 0 saturated heterocycles. The third-order valence-electron chi connectivity index (χ3n) is 3.02. The van der Waals surface area contributed by atoms with Crippen LogP contribution in [0.5, 0.6) is 0 Å². The number of benzene rings is 1. The Morgan fingerprint density at radius 3 is 2.50 bits per heavy atom. The number of rotatable bonds is 4. The molecule has 1 aromatic carbocycles. The van der Waals surface area contributed by atoms with Crippen molar-refractivity contribution in [3.05, 3.63) is 66.2 Å². The summed E-state index contributed by atoms with van der Waals surface area (Å²) in [5.74, 6) is -0.338. The number of nitrogens with zero attached hydrogens (tertiary/aromatic N) is 1. The van der Waals surface area contributed by atoms with Gasteiger partial charge in [-0.15, -0.1) is 0 Å². The summed E-state index contributed by atoms with van der Waals surface area (Å²) < 4.78 is 5.45. The number of pyridine rings is 1. The smallest absolute Gasteiger partial charge is 0.205 e. The molecule has 4 nitrogen and oxygen atoms in total. The third kappa shape index (κ3) is 2.36. The van der Waals surface area contributed by atoms with Crippen LogP contribution < -0.4 is 0 Å². The summed E-state index contributed by atoms with van der Waals surface area (Å²) in [6.07, 6.45) is 2.85. The van der Waals surface area contributed by atoms with Gasteiger partial charge >= 0.3 is 0 Å². The lowest BCUT2D eigenvalue weighted by atomic mass is 10.1. The number of Topliss-reactive ketones (excluding diaryl/α,β-unsaturated/α-hetero) is 2. The van der Waals surface area contributed by atoms with Gasteiger partial charge in [-0.3, -0.25) is 14.6 Å². The molecule has 0 unspecified atom stereocenters. The van der Waals surface area contributed by atoms with Crippen LogP contribution in [-0.4, -0.2) is 16.6 Å². The Balaban J connectivity index is 1.81. The summed E-state index contributed by atoms with van der Waals surface area (Å²) in [6.45, 7) is 0. The zero-order chi connectivity index (χ0) is 13.9. The highest BCUT2D eigenvalue weighted by Crippen LogP contribution is 2.20. The monoisotopic (exact) mass is 265 g/mol. The lowest BCUT2D eigenvalue weighted by Crippen LogP contribution is -2.07. The summed E-state index contributed by atoms with van der Waals surface area (Å²) >= 11 is 0. The fourth-order valence-electron chi connectivity index (χ4n) is 1.99. The van der Waals surface area contributed by atoms with E-state index in [1.165, 1.54) is 12.4 Å². The molecule has 0 aliphatic carbocycles. The number of hydrogen-bond acceptors (Lipinski definition) is 4. The van der Waals surface area contributed by atoms with E-state index in [1.54, 1.807) is 24.3 Å². The molecule has 0 amide bonds. The number of ketones is 2. The van der Waals surface area contributed by atoms with Crippen molar-refractivity contribution in [1.29, 1.82) is 0 Å². The van der Waals surface area contributed by atoms with Gasteiger partial charge in [-0.05, 0) is 24.3 Å². The SMILES string of the molecule is O=C(CC(=O)c1cc2ccccc2o1)c1ccncc1. The maximum atomic E-state index is 12.1. The van der Waals surface area contributed by atoms with Crippen LogP contribution in [0.15, 0.2) is 59.3 Å². The van der Waals surface area contributed by atoms with Crippen molar-refractivity contribution >= 4 is 22.5 Å². The van der Waals surface area contributed by atoms with E-state index >= 15 is 0 Å². The second-order valence-corrected chi connectivity index (χ2v) is 4.41. The zero-order valence-electron chi connectivity index (χ0n) is 10.6. The molecule has 0 aliphatic heterocycles. The Bertz CT molecular complexity index is 742. The molecule has 4 heteroatoms. The molecule has 0 aliphatic rings. The highest BCUT2D eigenvalue weighted by Gasteiger charge is 2.17. The van der Waals surface area contributed by atoms with Crippen LogP contribution in [0.3, 0.4) is 0 Å². The van der Waals surface area contributed by atoms with E-state index in [0.29, 0.717) is 11.1 Å². The maximum Gasteiger partial charge on any atom is 0.205 e. The Kier molecular flexibility index (Phi) is 3.13. The first kappa shape index (κ1) is 12.3. The predicted octanol–water partition coefficient (Wildman–Crippen LogP) is 3.28. The Morgan fingerprint density at radius 2 is 1.75 bits per heavy atom. The molecule has 98 valence electrons. The maximum absolute atomic E-state index is 12.1. The molecule has 0 saturated carbocycles. The van der Waals surface area contributed by atoms with Crippen LogP contribution in [0.4, 0.5) is 0 Å². The molecule has 0 atom stereocenters. The topological polar surface area (TPSA) is 60.2 Å². The number of hydrogen-bond donors (Lipinski definition) is 0. The van der Waals surface area contributed by atoms with Gasteiger partial charge in [0.2, 0.25) is 5.78 Å². The number of aromatic nitrogens is 1. The van der Waals surface area contributed by atoms with Gasteiger partial charge in [0.05, 0.1) is 6.42 Å². The van der Waals surface area contributed by atoms with Gasteiger partial charge in [-0.2, -0.15) is 0 Å². The van der Waals surface area contributed by atoms with Crippen LogP contribution in [0, 0.1) is 0 Å². The molecule has 20 heavy (non-hydrogen) atoms. The van der Waals surface area contributed by atoms with Gasteiger partial charge in [0.25, 0.3) is 0 Å². The molecular weight excluding hydrogens is 254 g/mol. The largest absolute Gasteiger partial charge is 0.453 e. The lowest BCUT2D eigenvalue weighted by Gasteiger charge is -1.98. The van der Waals surface area contributed by atoms with Gasteiger partial charge in [0.15, 0.2) is 11.5 Å². The minimum atomic E-state index is -0.317. The van der Waals surface area contributed by atoms with Gasteiger partial charge in [-0.1, -0.05) is 18.2 Å². The first-order chi connectivity index (χ1) is 9.74. The molecule has 0 radical (unpaired) electrons. The Morgan fingerprint density at radius 1 is 1.00 bits per heavy atom. The molecule has 3 rings (SSSR count). The van der Waals surface area contributed by atoms with E-state index in [9.17, 15) is 9.59 Å². The molecule has 2 aromatic heterocycles. The van der Waals surface area contributed by atoms with Gasteiger partial charge < -0.3 is 4.42 Å². The number of furan rings is 1. The second kappa shape index (κ2) is 5.09. The van der Waals surface area contributed by atoms with E-state index in [-0.39, 0.29) is 23.7 Å². The molecule has 3 aromatic rings. The minimum absolute atomic E-state index is 0.205. The second-order valence-electron chi connectivity index (χ2n) is 4.41. The van der Waals surface area contributed by atoms with Crippen LogP contribution in [0.25, 0.3) is 11.0 Å². The van der Waals surface area contributed by atoms with E-state index < -0.39 is 0 Å². The van der Waals surface area contributed by atoms with Gasteiger partial charge in [0.1, 0.15) is 5.58 Å². The van der Waals surface area contributed by atoms with Crippen molar-refractivity contribution in [2.45, 2.75) is 6.42 Å². The van der Waals surface area contributed by atoms with Crippen LogP contribution in [0.1, 0.15) is 27.3 Å². The minimum Gasteiger partial charge on any atom is -0.453 e. The average molecular weight is 265 g/mol. The van der Waals surface area contributed by atoms with Crippen molar-refractivity contribution in [1.82, 2.24) is 4.98 Å². The number of carbonyl (C=O) groups excluding carboxylic acids is 2. The molecule has 0 spiro atoms. The summed E-state index contributed by atoms with van der Waals surface area (Å²) in [7, 11) is 0. The fourth-order valence-corrected chi connectivity index (χ4v) is 1.99. The molecule has 0 bridgehead atoms. The van der Waals surface area contributed by atoms with Crippen LogP contribution in [-0.2, 0) is 0 Å². The molecule has 0 N–H and O–H groups in total. The number of para-hydroxylation sites is 1. The number of fused-ring (bicyclic) bond motifs is 1. The van der Waals surface area contributed by atoms with Crippen molar-refractivity contribution in [2.24, 2.45) is 0 Å². The summed E-state index contributed by atoms with van der Waals surface area (Å²) in [5.41, 5.74) is 1.12. The van der Waals surface area contributed by atoms with Crippen LogP contribution >= 0.6 is 0 Å². The third-order valence-corrected chi connectivity index (χ3v) is 3.02. The Hall–Kier alpha value is -2.75. The quantitative estimate of drug-likeness (QED) is 0.536. The highest BCUT2D eigenvalue weighted by atomic mass is 16.3. The molecule has 0 fully saturated rings. The van der Waals surface area contributed by atoms with Crippen molar-refractivity contribution in [3.63, 3.8) is 0 Å². The zero-order valence-corrected chi connectivity index (χ0v) is 10.6. The highest BCUT2D eigenvalue weighted by molar-refractivity contribution is 6.13. The first-order valence-corrected chi connectivity index (χ1v) is 6.19. The van der Waals surface area contributed by atoms with Gasteiger partial charge in [0, 0.05) is 23.3 Å². The van der Waals surface area contributed by atoms with Crippen molar-refractivity contribution < 1.29 is 14.0 Å². The van der Waals surface area contributed by atoms with E-state index in [0.717, 1.165) is 5.39 Å². The van der Waals surface area contributed by atoms with Crippen molar-refractivity contribution in [3.8, 4) is 0 Å². The fraction of sp³-hybridized carbons (Fsp3) is 0.0625. The Labute approximate surface area is 115 Å². The standard InChI is InChI=1S/C16H11NO3/c18-13(11-5-7-17-8-6-11)10-14(19)16-9-12-3-1-2-4-15(12)20-16/h1-9H,10H2. The number of carbonyl (C=O) groups is 2. The lowest BCUT2D eigenvalue weighted by molar-refractivity contribution is 0.0879. The predicted molar refractivity (Wildman–Crippen MR) is 73.7 cm³/mol. The molecule has 2 heterocycles. The van der Waals surface area contributed by atoms with E-state index in [4.69, 9.17) is 4.42 Å².